The van der Waals surface area contributed by atoms with Gasteiger partial charge < -0.3 is 16.8 Å². The molecule has 1 aliphatic rings. The van der Waals surface area contributed by atoms with Crippen LogP contribution >= 0.6 is 0 Å². The number of nitrogens with zero attached hydrogens (tertiary/aromatic N) is 1. The van der Waals surface area contributed by atoms with E-state index in [1.807, 2.05) is 11.8 Å². The van der Waals surface area contributed by atoms with Crippen molar-refractivity contribution in [1.82, 2.24) is 10.2 Å². The maximum Gasteiger partial charge on any atom is 0.240 e. The van der Waals surface area contributed by atoms with Crippen molar-refractivity contribution in [3.8, 4) is 0 Å². The number of carbonyl (C=O) groups is 2. The molecule has 0 aliphatic carbocycles. The standard InChI is InChI=1S/C12H24N4O2/c1-3-12(2,14)11(18)15-9-4-6-16(7-5-9)8-10(13)17/h9H,3-8,14H2,1-2H3,(H2,13,17)(H,15,18). The molecule has 5 N–H and O–H groups in total. The molecule has 1 heterocycles. The van der Waals surface area contributed by atoms with Gasteiger partial charge in [-0.3, -0.25) is 14.5 Å². The average Bonchev–Trinajstić information content (AvgIpc) is 2.31. The van der Waals surface area contributed by atoms with E-state index in [1.165, 1.54) is 0 Å². The number of amides is 2. The molecule has 2 amide bonds. The fourth-order valence-electron chi connectivity index (χ4n) is 1.97. The summed E-state index contributed by atoms with van der Waals surface area (Å²) >= 11 is 0. The quantitative estimate of drug-likeness (QED) is 0.598. The number of primary amides is 1. The van der Waals surface area contributed by atoms with Gasteiger partial charge in [0.25, 0.3) is 0 Å². The zero-order valence-electron chi connectivity index (χ0n) is 11.2. The van der Waals surface area contributed by atoms with Crippen molar-refractivity contribution in [1.29, 1.82) is 0 Å². The van der Waals surface area contributed by atoms with Crippen LogP contribution in [-0.4, -0.2) is 47.9 Å². The van der Waals surface area contributed by atoms with Crippen molar-refractivity contribution in [2.24, 2.45) is 11.5 Å². The Balaban J connectivity index is 2.36. The van der Waals surface area contributed by atoms with E-state index in [9.17, 15) is 9.59 Å². The van der Waals surface area contributed by atoms with E-state index in [0.717, 1.165) is 25.9 Å². The molecule has 0 bridgehead atoms. The molecule has 1 atom stereocenters. The predicted octanol–water partition coefficient (Wildman–Crippen LogP) is -0.820. The van der Waals surface area contributed by atoms with Crippen molar-refractivity contribution in [2.75, 3.05) is 19.6 Å². The first-order chi connectivity index (χ1) is 8.35. The van der Waals surface area contributed by atoms with Gasteiger partial charge in [0, 0.05) is 19.1 Å². The van der Waals surface area contributed by atoms with Crippen molar-refractivity contribution in [3.63, 3.8) is 0 Å². The van der Waals surface area contributed by atoms with Crippen LogP contribution in [0.5, 0.6) is 0 Å². The van der Waals surface area contributed by atoms with Crippen LogP contribution in [0.25, 0.3) is 0 Å². The topological polar surface area (TPSA) is 101 Å². The molecule has 6 heteroatoms. The first-order valence-electron chi connectivity index (χ1n) is 6.45. The number of nitrogens with two attached hydrogens (primary N) is 2. The van der Waals surface area contributed by atoms with Gasteiger partial charge in [0.05, 0.1) is 12.1 Å². The Morgan fingerprint density at radius 3 is 2.39 bits per heavy atom. The maximum absolute atomic E-state index is 11.9. The average molecular weight is 256 g/mol. The molecule has 0 aromatic rings. The Morgan fingerprint density at radius 1 is 1.39 bits per heavy atom. The fourth-order valence-corrected chi connectivity index (χ4v) is 1.97. The molecule has 104 valence electrons. The Hall–Kier alpha value is -1.14. The van der Waals surface area contributed by atoms with Gasteiger partial charge in [0.15, 0.2) is 0 Å². The van der Waals surface area contributed by atoms with Crippen molar-refractivity contribution in [3.05, 3.63) is 0 Å². The zero-order valence-corrected chi connectivity index (χ0v) is 11.2. The van der Waals surface area contributed by atoms with Crippen molar-refractivity contribution < 1.29 is 9.59 Å². The number of rotatable bonds is 5. The van der Waals surface area contributed by atoms with Crippen molar-refractivity contribution in [2.45, 2.75) is 44.7 Å². The molecule has 1 saturated heterocycles. The fraction of sp³-hybridized carbons (Fsp3) is 0.833. The van der Waals surface area contributed by atoms with Crippen LogP contribution in [0.3, 0.4) is 0 Å². The van der Waals surface area contributed by atoms with Crippen LogP contribution in [0.1, 0.15) is 33.1 Å². The van der Waals surface area contributed by atoms with Gasteiger partial charge in [0.1, 0.15) is 0 Å². The molecule has 0 aromatic carbocycles. The molecule has 0 aromatic heterocycles. The minimum absolute atomic E-state index is 0.0987. The minimum Gasteiger partial charge on any atom is -0.369 e. The molecule has 18 heavy (non-hydrogen) atoms. The molecule has 0 radical (unpaired) electrons. The first-order valence-corrected chi connectivity index (χ1v) is 6.45. The highest BCUT2D eigenvalue weighted by Crippen LogP contribution is 2.12. The van der Waals surface area contributed by atoms with E-state index >= 15 is 0 Å². The molecule has 0 saturated carbocycles. The highest BCUT2D eigenvalue weighted by atomic mass is 16.2. The summed E-state index contributed by atoms with van der Waals surface area (Å²) in [5.41, 5.74) is 10.2. The smallest absolute Gasteiger partial charge is 0.240 e. The lowest BCUT2D eigenvalue weighted by Crippen LogP contribution is -2.55. The second-order valence-corrected chi connectivity index (χ2v) is 5.26. The first kappa shape index (κ1) is 14.9. The van der Waals surface area contributed by atoms with E-state index in [-0.39, 0.29) is 17.9 Å². The van der Waals surface area contributed by atoms with Gasteiger partial charge in [-0.1, -0.05) is 6.92 Å². The Morgan fingerprint density at radius 2 is 1.94 bits per heavy atom. The second kappa shape index (κ2) is 6.15. The minimum atomic E-state index is -0.801. The third-order valence-electron chi connectivity index (χ3n) is 3.56. The van der Waals surface area contributed by atoms with Crippen LogP contribution in [-0.2, 0) is 9.59 Å². The summed E-state index contributed by atoms with van der Waals surface area (Å²) in [4.78, 5) is 24.7. The number of hydrogen-bond acceptors (Lipinski definition) is 4. The van der Waals surface area contributed by atoms with Gasteiger partial charge in [0.2, 0.25) is 11.8 Å². The molecule has 1 rings (SSSR count). The van der Waals surface area contributed by atoms with E-state index in [4.69, 9.17) is 11.5 Å². The highest BCUT2D eigenvalue weighted by molar-refractivity contribution is 5.85. The Bertz CT molecular complexity index is 309. The SMILES string of the molecule is CCC(C)(N)C(=O)NC1CCN(CC(N)=O)CC1. The highest BCUT2D eigenvalue weighted by Gasteiger charge is 2.29. The molecule has 1 fully saturated rings. The second-order valence-electron chi connectivity index (χ2n) is 5.26. The van der Waals surface area contributed by atoms with Crippen LogP contribution in [0, 0.1) is 0 Å². The van der Waals surface area contributed by atoms with Crippen molar-refractivity contribution >= 4 is 11.8 Å². The maximum atomic E-state index is 11.9. The lowest BCUT2D eigenvalue weighted by molar-refractivity contribution is -0.127. The van der Waals surface area contributed by atoms with Gasteiger partial charge >= 0.3 is 0 Å². The molecule has 6 nitrogen and oxygen atoms in total. The number of hydrogen-bond donors (Lipinski definition) is 3. The molecule has 0 spiro atoms. The monoisotopic (exact) mass is 256 g/mol. The lowest BCUT2D eigenvalue weighted by Gasteiger charge is -2.33. The summed E-state index contributed by atoms with van der Waals surface area (Å²) in [6.45, 7) is 5.49. The zero-order chi connectivity index (χ0) is 13.8. The third kappa shape index (κ3) is 4.27. The third-order valence-corrected chi connectivity index (χ3v) is 3.56. The van der Waals surface area contributed by atoms with Gasteiger partial charge in [-0.25, -0.2) is 0 Å². The van der Waals surface area contributed by atoms with Gasteiger partial charge in [-0.05, 0) is 26.2 Å². The van der Waals surface area contributed by atoms with E-state index in [0.29, 0.717) is 13.0 Å². The van der Waals surface area contributed by atoms with E-state index < -0.39 is 5.54 Å². The van der Waals surface area contributed by atoms with Crippen LogP contribution in [0.4, 0.5) is 0 Å². The lowest BCUT2D eigenvalue weighted by atomic mass is 9.97. The molecule has 1 unspecified atom stereocenters. The largest absolute Gasteiger partial charge is 0.369 e. The summed E-state index contributed by atoms with van der Waals surface area (Å²) in [7, 11) is 0. The van der Waals surface area contributed by atoms with Crippen LogP contribution in [0.15, 0.2) is 0 Å². The summed E-state index contributed by atoms with van der Waals surface area (Å²) in [5, 5.41) is 2.98. The summed E-state index contributed by atoms with van der Waals surface area (Å²) in [6, 6.07) is 0.149. The van der Waals surface area contributed by atoms with E-state index in [1.54, 1.807) is 6.92 Å². The molecular weight excluding hydrogens is 232 g/mol. The number of carbonyl (C=O) groups excluding carboxylic acids is 2. The number of nitrogens with one attached hydrogen (secondary N) is 1. The van der Waals surface area contributed by atoms with E-state index in [2.05, 4.69) is 5.32 Å². The van der Waals surface area contributed by atoms with Gasteiger partial charge in [-0.2, -0.15) is 0 Å². The number of likely N-dealkylation sites (tertiary alicyclic amines) is 1. The molecule has 1 aliphatic heterocycles. The Labute approximate surface area is 108 Å². The number of piperidine rings is 1. The van der Waals surface area contributed by atoms with Crippen LogP contribution < -0.4 is 16.8 Å². The van der Waals surface area contributed by atoms with Crippen LogP contribution in [0.2, 0.25) is 0 Å². The summed E-state index contributed by atoms with van der Waals surface area (Å²) in [6.07, 6.45) is 2.27. The Kier molecular flexibility index (Phi) is 5.10. The normalized spacial score (nSPS) is 21.3. The predicted molar refractivity (Wildman–Crippen MR) is 69.7 cm³/mol. The summed E-state index contributed by atoms with van der Waals surface area (Å²) < 4.78 is 0. The summed E-state index contributed by atoms with van der Waals surface area (Å²) in [5.74, 6) is -0.406. The molecular formula is C12H24N4O2. The van der Waals surface area contributed by atoms with Gasteiger partial charge in [-0.15, -0.1) is 0 Å².